The molecule has 0 amide bonds. The van der Waals surface area contributed by atoms with Gasteiger partial charge < -0.3 is 15.2 Å². The molecule has 2 N–H and O–H groups in total. The number of ether oxygens (including phenoxy) is 1. The molecule has 0 saturated carbocycles. The lowest BCUT2D eigenvalue weighted by atomic mass is 10.1. The Bertz CT molecular complexity index is 1440. The van der Waals surface area contributed by atoms with E-state index < -0.39 is 9.73 Å². The standard InChI is InChI=1S/C25H25N3O3S/c1-16-5-8-25(17(2)11-16)32(4,30)28-18-6-7-23-22(14-18)24(9-10-26-23)27-19-12-20(29)15-21(13-19)31-3/h5-15,29H,1-4H3,(H,26,27). The van der Waals surface area contributed by atoms with E-state index in [1.54, 1.807) is 31.7 Å². The molecule has 0 radical (unpaired) electrons. The van der Waals surface area contributed by atoms with E-state index in [4.69, 9.17) is 4.74 Å². The van der Waals surface area contributed by atoms with Gasteiger partial charge in [0.2, 0.25) is 0 Å². The summed E-state index contributed by atoms with van der Waals surface area (Å²) in [5, 5.41) is 14.1. The number of nitrogens with zero attached hydrogens (tertiary/aromatic N) is 2. The summed E-state index contributed by atoms with van der Waals surface area (Å²) in [6, 6.07) is 18.2. The Balaban J connectivity index is 1.78. The fourth-order valence-corrected chi connectivity index (χ4v) is 5.29. The van der Waals surface area contributed by atoms with Crippen molar-refractivity contribution in [3.8, 4) is 11.5 Å². The minimum atomic E-state index is -2.63. The van der Waals surface area contributed by atoms with Crippen LogP contribution in [0.5, 0.6) is 11.5 Å². The van der Waals surface area contributed by atoms with Crippen molar-refractivity contribution in [1.29, 1.82) is 0 Å². The third kappa shape index (κ3) is 4.53. The number of phenolic OH excluding ortho intramolecular Hbond substituents is 1. The highest BCUT2D eigenvalue weighted by molar-refractivity contribution is 7.93. The quantitative estimate of drug-likeness (QED) is 0.386. The number of rotatable bonds is 5. The van der Waals surface area contributed by atoms with Crippen LogP contribution >= 0.6 is 0 Å². The van der Waals surface area contributed by atoms with Gasteiger partial charge in [0.25, 0.3) is 0 Å². The highest BCUT2D eigenvalue weighted by atomic mass is 32.2. The number of anilines is 2. The van der Waals surface area contributed by atoms with Crippen molar-refractivity contribution in [2.75, 3.05) is 18.7 Å². The molecule has 0 aliphatic carbocycles. The number of phenols is 1. The van der Waals surface area contributed by atoms with Crippen LogP contribution in [-0.2, 0) is 9.73 Å². The molecule has 1 atom stereocenters. The molecule has 0 fully saturated rings. The molecule has 0 spiro atoms. The SMILES string of the molecule is COc1cc(O)cc(Nc2ccnc3ccc(N=S(C)(=O)c4ccc(C)cc4C)cc23)c1. The summed E-state index contributed by atoms with van der Waals surface area (Å²) >= 11 is 0. The monoisotopic (exact) mass is 447 g/mol. The van der Waals surface area contributed by atoms with Gasteiger partial charge in [-0.05, 0) is 49.7 Å². The van der Waals surface area contributed by atoms with Crippen molar-refractivity contribution in [3.63, 3.8) is 0 Å². The molecule has 1 aromatic heterocycles. The van der Waals surface area contributed by atoms with Crippen LogP contribution in [0.4, 0.5) is 17.1 Å². The molecule has 0 bridgehead atoms. The average Bonchev–Trinajstić information content (AvgIpc) is 2.73. The highest BCUT2D eigenvalue weighted by Gasteiger charge is 2.11. The number of hydrogen-bond acceptors (Lipinski definition) is 6. The molecule has 6 nitrogen and oxygen atoms in total. The minimum Gasteiger partial charge on any atom is -0.508 e. The van der Waals surface area contributed by atoms with Gasteiger partial charge in [-0.15, -0.1) is 0 Å². The number of nitrogens with one attached hydrogen (secondary N) is 1. The van der Waals surface area contributed by atoms with Crippen molar-refractivity contribution in [2.45, 2.75) is 18.7 Å². The number of aromatic hydroxyl groups is 1. The van der Waals surface area contributed by atoms with Crippen LogP contribution in [0, 0.1) is 13.8 Å². The molecular weight excluding hydrogens is 422 g/mol. The Hall–Kier alpha value is -3.58. The van der Waals surface area contributed by atoms with Crippen molar-refractivity contribution in [2.24, 2.45) is 4.36 Å². The predicted octanol–water partition coefficient (Wildman–Crippen LogP) is 6.10. The fraction of sp³-hybridized carbons (Fsp3) is 0.160. The maximum absolute atomic E-state index is 13.5. The first-order valence-corrected chi connectivity index (χ1v) is 12.0. The Morgan fingerprint density at radius 1 is 1.03 bits per heavy atom. The van der Waals surface area contributed by atoms with E-state index >= 15 is 0 Å². The predicted molar refractivity (Wildman–Crippen MR) is 130 cm³/mol. The van der Waals surface area contributed by atoms with Crippen molar-refractivity contribution in [1.82, 2.24) is 4.98 Å². The first-order valence-electron chi connectivity index (χ1n) is 10.1. The van der Waals surface area contributed by atoms with E-state index in [9.17, 15) is 9.32 Å². The second kappa shape index (κ2) is 8.51. The summed E-state index contributed by atoms with van der Waals surface area (Å²) in [5.41, 5.74) is 4.92. The maximum atomic E-state index is 13.5. The molecule has 3 aromatic carbocycles. The minimum absolute atomic E-state index is 0.0973. The Morgan fingerprint density at radius 2 is 1.84 bits per heavy atom. The molecule has 7 heteroatoms. The number of fused-ring (bicyclic) bond motifs is 1. The van der Waals surface area contributed by atoms with E-state index in [0.717, 1.165) is 32.6 Å². The van der Waals surface area contributed by atoms with E-state index in [-0.39, 0.29) is 5.75 Å². The third-order valence-corrected chi connectivity index (χ3v) is 6.98. The van der Waals surface area contributed by atoms with Gasteiger partial charge in [-0.3, -0.25) is 4.98 Å². The van der Waals surface area contributed by atoms with Gasteiger partial charge in [0.1, 0.15) is 11.5 Å². The summed E-state index contributed by atoms with van der Waals surface area (Å²) in [5.74, 6) is 0.640. The van der Waals surface area contributed by atoms with Crippen molar-refractivity contribution >= 4 is 37.7 Å². The Morgan fingerprint density at radius 3 is 2.59 bits per heavy atom. The van der Waals surface area contributed by atoms with E-state index in [0.29, 0.717) is 17.1 Å². The number of hydrogen-bond donors (Lipinski definition) is 2. The lowest BCUT2D eigenvalue weighted by Gasteiger charge is -2.12. The smallest absolute Gasteiger partial charge is 0.124 e. The molecule has 32 heavy (non-hydrogen) atoms. The number of aryl methyl sites for hydroxylation is 2. The van der Waals surface area contributed by atoms with Gasteiger partial charge in [0, 0.05) is 47.4 Å². The molecule has 1 heterocycles. The number of pyridine rings is 1. The molecule has 4 rings (SSSR count). The second-order valence-electron chi connectivity index (χ2n) is 7.77. The summed E-state index contributed by atoms with van der Waals surface area (Å²) in [4.78, 5) is 5.16. The van der Waals surface area contributed by atoms with Crippen LogP contribution in [0.1, 0.15) is 11.1 Å². The second-order valence-corrected chi connectivity index (χ2v) is 9.99. The first-order chi connectivity index (χ1) is 15.2. The van der Waals surface area contributed by atoms with Crippen LogP contribution < -0.4 is 10.1 Å². The van der Waals surface area contributed by atoms with Crippen LogP contribution in [0.2, 0.25) is 0 Å². The van der Waals surface area contributed by atoms with E-state index in [2.05, 4.69) is 14.7 Å². The van der Waals surface area contributed by atoms with Gasteiger partial charge in [-0.25, -0.2) is 4.21 Å². The molecule has 164 valence electrons. The zero-order valence-electron chi connectivity index (χ0n) is 18.4. The van der Waals surface area contributed by atoms with Gasteiger partial charge in [0.15, 0.2) is 0 Å². The normalized spacial score (nSPS) is 12.9. The number of methoxy groups -OCH3 is 1. The van der Waals surface area contributed by atoms with E-state index in [1.165, 1.54) is 6.07 Å². The average molecular weight is 448 g/mol. The van der Waals surface area contributed by atoms with Gasteiger partial charge in [-0.2, -0.15) is 4.36 Å². The molecule has 1 unspecified atom stereocenters. The third-order valence-electron chi connectivity index (χ3n) is 5.15. The van der Waals surface area contributed by atoms with Crippen LogP contribution in [0.3, 0.4) is 0 Å². The molecule has 0 aliphatic rings. The zero-order valence-corrected chi connectivity index (χ0v) is 19.2. The van der Waals surface area contributed by atoms with Gasteiger partial charge in [-0.1, -0.05) is 17.7 Å². The number of aromatic nitrogens is 1. The lowest BCUT2D eigenvalue weighted by molar-refractivity contribution is 0.408. The molecule has 0 aliphatic heterocycles. The highest BCUT2D eigenvalue weighted by Crippen LogP contribution is 2.32. The Kier molecular flexibility index (Phi) is 5.76. The summed E-state index contributed by atoms with van der Waals surface area (Å²) in [6.45, 7) is 3.97. The lowest BCUT2D eigenvalue weighted by Crippen LogP contribution is -2.00. The van der Waals surface area contributed by atoms with Crippen molar-refractivity contribution < 1.29 is 14.1 Å². The Labute approximate surface area is 188 Å². The van der Waals surface area contributed by atoms with E-state index in [1.807, 2.05) is 56.3 Å². The van der Waals surface area contributed by atoms with Crippen LogP contribution in [0.25, 0.3) is 10.9 Å². The summed E-state index contributed by atoms with van der Waals surface area (Å²) in [6.07, 6.45) is 3.37. The fourth-order valence-electron chi connectivity index (χ4n) is 3.70. The zero-order chi connectivity index (χ0) is 22.9. The topological polar surface area (TPSA) is 83.8 Å². The largest absolute Gasteiger partial charge is 0.508 e. The molecular formula is C25H25N3O3S. The van der Waals surface area contributed by atoms with Crippen LogP contribution in [0.15, 0.2) is 76.1 Å². The van der Waals surface area contributed by atoms with Crippen LogP contribution in [-0.4, -0.2) is 27.7 Å². The summed E-state index contributed by atoms with van der Waals surface area (Å²) < 4.78 is 23.3. The summed E-state index contributed by atoms with van der Waals surface area (Å²) in [7, 11) is -1.08. The first kappa shape index (κ1) is 21.6. The maximum Gasteiger partial charge on any atom is 0.124 e. The van der Waals surface area contributed by atoms with Crippen molar-refractivity contribution in [3.05, 3.63) is 78.0 Å². The van der Waals surface area contributed by atoms with Gasteiger partial charge >= 0.3 is 0 Å². The molecule has 0 saturated heterocycles. The van der Waals surface area contributed by atoms with Gasteiger partial charge in [0.05, 0.1) is 32.9 Å². The number of benzene rings is 3. The molecule has 4 aromatic rings.